The zero-order chi connectivity index (χ0) is 29.5. The van der Waals surface area contributed by atoms with Crippen molar-refractivity contribution in [1.82, 2.24) is 0 Å². The molecule has 0 aliphatic heterocycles. The van der Waals surface area contributed by atoms with Crippen LogP contribution in [0.3, 0.4) is 0 Å². The molecule has 0 saturated heterocycles. The van der Waals surface area contributed by atoms with E-state index in [9.17, 15) is 25.9 Å². The average molecular weight is 623 g/mol. The molecule has 4 aromatic carbocycles. The summed E-state index contributed by atoms with van der Waals surface area (Å²) in [5, 5.41) is 3.04. The van der Waals surface area contributed by atoms with Crippen LogP contribution in [0, 0.1) is 0 Å². The minimum absolute atomic E-state index is 0. The minimum atomic E-state index is -4.45. The summed E-state index contributed by atoms with van der Waals surface area (Å²) in [6.45, 7) is 8.25. The van der Waals surface area contributed by atoms with Gasteiger partial charge < -0.3 is 9.11 Å². The molecule has 0 amide bonds. The average Bonchev–Trinajstić information content (AvgIpc) is 2.89. The smallest absolute Gasteiger partial charge is 0.744 e. The Hall–Kier alpha value is -1.52. The summed E-state index contributed by atoms with van der Waals surface area (Å²) in [5.41, 5.74) is 4.09. The van der Waals surface area contributed by atoms with Crippen LogP contribution in [-0.2, 0) is 45.9 Å². The van der Waals surface area contributed by atoms with Crippen molar-refractivity contribution in [1.29, 1.82) is 0 Å². The fourth-order valence-electron chi connectivity index (χ4n) is 5.36. The van der Waals surface area contributed by atoms with E-state index in [-0.39, 0.29) is 47.5 Å². The van der Waals surface area contributed by atoms with Gasteiger partial charge in [-0.2, -0.15) is 0 Å². The van der Waals surface area contributed by atoms with Gasteiger partial charge in [-0.25, -0.2) is 16.8 Å². The Morgan fingerprint density at radius 2 is 0.805 bits per heavy atom. The molecule has 9 heteroatoms. The zero-order valence-corrected chi connectivity index (χ0v) is 28.2. The molecule has 41 heavy (non-hydrogen) atoms. The van der Waals surface area contributed by atoms with Crippen LogP contribution in [0.4, 0.5) is 0 Å². The van der Waals surface area contributed by atoms with Crippen molar-refractivity contribution in [3.63, 3.8) is 0 Å². The summed E-state index contributed by atoms with van der Waals surface area (Å²) in [4.78, 5) is -0.173. The Balaban J connectivity index is 0.000000280. The third kappa shape index (κ3) is 8.75. The summed E-state index contributed by atoms with van der Waals surface area (Å²) in [5.74, 6) is 0. The monoisotopic (exact) mass is 622 g/mol. The van der Waals surface area contributed by atoms with Gasteiger partial charge in [0.15, 0.2) is 0 Å². The van der Waals surface area contributed by atoms with E-state index in [2.05, 4.69) is 13.8 Å². The quantitative estimate of drug-likeness (QED) is 0.140. The fraction of sp³-hybridized carbons (Fsp3) is 0.375. The molecule has 0 unspecified atom stereocenters. The summed E-state index contributed by atoms with van der Waals surface area (Å²) in [6, 6.07) is 18.0. The van der Waals surface area contributed by atoms with E-state index in [1.807, 2.05) is 50.2 Å². The third-order valence-electron chi connectivity index (χ3n) is 6.97. The van der Waals surface area contributed by atoms with Gasteiger partial charge in [-0.15, -0.1) is 0 Å². The molecule has 4 rings (SSSR count). The molecule has 4 aromatic rings. The largest absolute Gasteiger partial charge is 2.00 e. The molecule has 0 radical (unpaired) electrons. The van der Waals surface area contributed by atoms with Gasteiger partial charge >= 0.3 is 37.7 Å². The van der Waals surface area contributed by atoms with Crippen LogP contribution in [0.5, 0.6) is 0 Å². The standard InChI is InChI=1S/2C16H20O3S.Ca/c2*1-3-6-12-10-11-15(20(17,18)19)16-13(7-4-2)8-5-9-14(12)16;/h2*5,8-11H,3-4,6-7H2,1-2H3,(H,17,18,19);/q;;+2/p-2. The maximum atomic E-state index is 11.5. The molecule has 0 heterocycles. The molecule has 0 saturated carbocycles. The van der Waals surface area contributed by atoms with E-state index in [0.717, 1.165) is 84.4 Å². The number of fused-ring (bicyclic) bond motifs is 2. The molecule has 0 N–H and O–H groups in total. The summed E-state index contributed by atoms with van der Waals surface area (Å²) >= 11 is 0. The second kappa shape index (κ2) is 15.8. The number of rotatable bonds is 10. The Kier molecular flexibility index (Phi) is 13.8. The summed E-state index contributed by atoms with van der Waals surface area (Å²) < 4.78 is 69.1. The molecule has 0 spiro atoms. The van der Waals surface area contributed by atoms with Crippen LogP contribution in [0.15, 0.2) is 70.5 Å². The van der Waals surface area contributed by atoms with Crippen molar-refractivity contribution in [2.75, 3.05) is 0 Å². The van der Waals surface area contributed by atoms with Crippen LogP contribution in [0.2, 0.25) is 0 Å². The number of benzene rings is 4. The normalized spacial score (nSPS) is 11.7. The number of aryl methyl sites for hydroxylation is 4. The van der Waals surface area contributed by atoms with Crippen LogP contribution >= 0.6 is 0 Å². The van der Waals surface area contributed by atoms with Gasteiger partial charge in [0, 0.05) is 10.8 Å². The maximum Gasteiger partial charge on any atom is 2.00 e. The van der Waals surface area contributed by atoms with Gasteiger partial charge in [0.2, 0.25) is 0 Å². The Bertz CT molecular complexity index is 1570. The minimum Gasteiger partial charge on any atom is -0.744 e. The molecule has 0 aliphatic carbocycles. The summed E-state index contributed by atoms with van der Waals surface area (Å²) in [7, 11) is -8.90. The molecular weight excluding hydrogens is 585 g/mol. The molecule has 0 aromatic heterocycles. The van der Waals surface area contributed by atoms with Gasteiger partial charge in [0.25, 0.3) is 0 Å². The maximum absolute atomic E-state index is 11.5. The third-order valence-corrected chi connectivity index (χ3v) is 8.73. The van der Waals surface area contributed by atoms with Crippen LogP contribution in [0.1, 0.15) is 75.6 Å². The van der Waals surface area contributed by atoms with Crippen molar-refractivity contribution in [3.05, 3.63) is 82.9 Å². The van der Waals surface area contributed by atoms with Gasteiger partial charge in [0.1, 0.15) is 20.2 Å². The second-order valence-corrected chi connectivity index (χ2v) is 12.7. The van der Waals surface area contributed by atoms with Gasteiger partial charge in [-0.05, 0) is 70.8 Å². The predicted octanol–water partition coefficient (Wildman–Crippen LogP) is 6.92. The first-order valence-corrected chi connectivity index (χ1v) is 16.8. The van der Waals surface area contributed by atoms with Crippen molar-refractivity contribution < 1.29 is 25.9 Å². The van der Waals surface area contributed by atoms with Gasteiger partial charge in [-0.3, -0.25) is 0 Å². The molecule has 216 valence electrons. The molecule has 0 aliphatic rings. The number of hydrogen-bond donors (Lipinski definition) is 0. The first kappa shape index (κ1) is 35.7. The molecule has 6 nitrogen and oxygen atoms in total. The van der Waals surface area contributed by atoms with E-state index in [0.29, 0.717) is 10.8 Å². The van der Waals surface area contributed by atoms with Crippen LogP contribution in [-0.4, -0.2) is 63.7 Å². The van der Waals surface area contributed by atoms with Crippen molar-refractivity contribution >= 4 is 79.5 Å². The van der Waals surface area contributed by atoms with Gasteiger partial charge in [-0.1, -0.05) is 102 Å². The SMILES string of the molecule is CCCc1ccc(S(=O)(=O)[O-])c2c(CCC)cccc12.CCCc1ccc(S(=O)(=O)[O-])c2c(CCC)cccc12.[Ca+2]. The predicted molar refractivity (Wildman–Crippen MR) is 166 cm³/mol. The fourth-order valence-corrected chi connectivity index (χ4v) is 6.81. The second-order valence-electron chi connectivity index (χ2n) is 10.0. The Labute approximate surface area is 275 Å². The molecule has 0 bridgehead atoms. The molecular formula is C32H38CaO6S2. The van der Waals surface area contributed by atoms with E-state index in [4.69, 9.17) is 0 Å². The van der Waals surface area contributed by atoms with Gasteiger partial charge in [0.05, 0.1) is 9.79 Å². The summed E-state index contributed by atoms with van der Waals surface area (Å²) in [6.07, 6.45) is 7.10. The first-order valence-electron chi connectivity index (χ1n) is 14.0. The topological polar surface area (TPSA) is 114 Å². The van der Waals surface area contributed by atoms with E-state index < -0.39 is 20.2 Å². The Morgan fingerprint density at radius 3 is 1.10 bits per heavy atom. The molecule has 0 atom stereocenters. The zero-order valence-electron chi connectivity index (χ0n) is 24.4. The van der Waals surface area contributed by atoms with E-state index >= 15 is 0 Å². The van der Waals surface area contributed by atoms with Crippen LogP contribution in [0.25, 0.3) is 21.5 Å². The van der Waals surface area contributed by atoms with Crippen molar-refractivity contribution in [2.24, 2.45) is 0 Å². The molecule has 0 fully saturated rings. The van der Waals surface area contributed by atoms with Crippen LogP contribution < -0.4 is 0 Å². The van der Waals surface area contributed by atoms with Crippen molar-refractivity contribution in [3.8, 4) is 0 Å². The van der Waals surface area contributed by atoms with E-state index in [1.165, 1.54) is 12.1 Å². The number of hydrogen-bond acceptors (Lipinski definition) is 6. The van der Waals surface area contributed by atoms with Crippen molar-refractivity contribution in [2.45, 2.75) is 88.9 Å². The first-order chi connectivity index (χ1) is 19.0. The Morgan fingerprint density at radius 1 is 0.488 bits per heavy atom. The van der Waals surface area contributed by atoms with E-state index in [1.54, 1.807) is 12.1 Å².